The highest BCUT2D eigenvalue weighted by Crippen LogP contribution is 2.33. The Bertz CT molecular complexity index is 325. The number of hydrogen-bond acceptors (Lipinski definition) is 1. The molecule has 1 aromatic carbocycles. The van der Waals surface area contributed by atoms with E-state index in [-0.39, 0.29) is 5.91 Å². The summed E-state index contributed by atoms with van der Waals surface area (Å²) in [6.45, 7) is 2.54. The summed E-state index contributed by atoms with van der Waals surface area (Å²) in [5.74, 6) is -0.376. The molecule has 0 aliphatic rings. The van der Waals surface area contributed by atoms with E-state index in [9.17, 15) is 4.79 Å². The maximum Gasteiger partial charge on any atom is 0.261 e. The van der Waals surface area contributed by atoms with Gasteiger partial charge in [0.1, 0.15) is 0 Å². The molecule has 82 valence electrons. The molecule has 0 unspecified atom stereocenters. The number of amides is 1. The molecular weight excluding hydrogens is 233 g/mol. The molecule has 15 heavy (non-hydrogen) atoms. The van der Waals surface area contributed by atoms with Crippen LogP contribution in [0.5, 0.6) is 0 Å². The van der Waals surface area contributed by atoms with E-state index >= 15 is 0 Å². The monoisotopic (exact) mass is 245 g/mol. The molecule has 0 bridgehead atoms. The summed E-state index contributed by atoms with van der Waals surface area (Å²) in [6.07, 6.45) is 0.852. The van der Waals surface area contributed by atoms with Gasteiger partial charge >= 0.3 is 0 Å². The zero-order valence-electron chi connectivity index (χ0n) is 8.47. The first kappa shape index (κ1) is 12.3. The lowest BCUT2D eigenvalue weighted by Crippen LogP contribution is -2.36. The first-order valence-corrected chi connectivity index (χ1v) is 5.56. The van der Waals surface area contributed by atoms with Gasteiger partial charge in [0.25, 0.3) is 5.91 Å². The molecule has 0 spiro atoms. The summed E-state index contributed by atoms with van der Waals surface area (Å²) in [5.41, 5.74) is 0.585. The van der Waals surface area contributed by atoms with Crippen molar-refractivity contribution in [3.63, 3.8) is 0 Å². The largest absolute Gasteiger partial charge is 0.353 e. The average molecular weight is 246 g/mol. The molecule has 1 amide bonds. The second-order valence-corrected chi connectivity index (χ2v) is 4.52. The van der Waals surface area contributed by atoms with Gasteiger partial charge in [0.2, 0.25) is 4.33 Å². The molecule has 1 rings (SSSR count). The number of nitrogens with one attached hydrogen (secondary N) is 1. The third-order valence-corrected chi connectivity index (χ3v) is 2.74. The van der Waals surface area contributed by atoms with Crippen LogP contribution in [0.2, 0.25) is 0 Å². The number of alkyl halides is 2. The summed E-state index contributed by atoms with van der Waals surface area (Å²) in [7, 11) is 0. The number of carbonyl (C=O) groups is 1. The van der Waals surface area contributed by atoms with Gasteiger partial charge in [-0.2, -0.15) is 0 Å². The maximum absolute atomic E-state index is 11.6. The van der Waals surface area contributed by atoms with Gasteiger partial charge in [0.15, 0.2) is 0 Å². The molecule has 4 heteroatoms. The second-order valence-electron chi connectivity index (χ2n) is 3.20. The first-order chi connectivity index (χ1) is 7.09. The summed E-state index contributed by atoms with van der Waals surface area (Å²) < 4.78 is -1.50. The summed E-state index contributed by atoms with van der Waals surface area (Å²) in [4.78, 5) is 11.6. The molecule has 0 radical (unpaired) electrons. The highest BCUT2D eigenvalue weighted by Gasteiger charge is 2.35. The van der Waals surface area contributed by atoms with Gasteiger partial charge in [-0.15, -0.1) is 0 Å². The SMILES string of the molecule is CCCNC(=O)C(Cl)(Cl)c1ccccc1. The Hall–Kier alpha value is -0.730. The molecule has 0 fully saturated rings. The number of hydrogen-bond donors (Lipinski definition) is 1. The predicted molar refractivity (Wildman–Crippen MR) is 63.1 cm³/mol. The number of benzene rings is 1. The highest BCUT2D eigenvalue weighted by molar-refractivity contribution is 6.57. The van der Waals surface area contributed by atoms with Crippen LogP contribution in [0.3, 0.4) is 0 Å². The van der Waals surface area contributed by atoms with Crippen LogP contribution in [-0.4, -0.2) is 12.5 Å². The van der Waals surface area contributed by atoms with Crippen LogP contribution in [0.25, 0.3) is 0 Å². The lowest BCUT2D eigenvalue weighted by atomic mass is 10.1. The van der Waals surface area contributed by atoms with E-state index in [1.165, 1.54) is 0 Å². The summed E-state index contributed by atoms with van der Waals surface area (Å²) in [5, 5.41) is 2.67. The Labute approximate surface area is 99.6 Å². The molecule has 0 saturated heterocycles. The van der Waals surface area contributed by atoms with Gasteiger partial charge in [0, 0.05) is 6.54 Å². The molecule has 0 atom stereocenters. The van der Waals surface area contributed by atoms with Gasteiger partial charge in [-0.25, -0.2) is 0 Å². The molecule has 1 aromatic rings. The highest BCUT2D eigenvalue weighted by atomic mass is 35.5. The Morgan fingerprint density at radius 1 is 1.33 bits per heavy atom. The Kier molecular flexibility index (Phi) is 4.43. The summed E-state index contributed by atoms with van der Waals surface area (Å²) >= 11 is 12.0. The Morgan fingerprint density at radius 3 is 2.47 bits per heavy atom. The second kappa shape index (κ2) is 5.38. The fraction of sp³-hybridized carbons (Fsp3) is 0.364. The lowest BCUT2D eigenvalue weighted by molar-refractivity contribution is -0.121. The van der Waals surface area contributed by atoms with Gasteiger partial charge in [-0.1, -0.05) is 60.5 Å². The van der Waals surface area contributed by atoms with Gasteiger partial charge in [0.05, 0.1) is 0 Å². The van der Waals surface area contributed by atoms with Crippen molar-refractivity contribution < 1.29 is 4.79 Å². The topological polar surface area (TPSA) is 29.1 Å². The molecule has 1 N–H and O–H groups in total. The standard InChI is InChI=1S/C11H13Cl2NO/c1-2-8-14-10(15)11(12,13)9-6-4-3-5-7-9/h3-7H,2,8H2,1H3,(H,14,15). The smallest absolute Gasteiger partial charge is 0.261 e. The first-order valence-electron chi connectivity index (χ1n) is 4.80. The molecule has 0 aliphatic heterocycles. The molecule has 0 saturated carbocycles. The van der Waals surface area contributed by atoms with Crippen molar-refractivity contribution in [2.45, 2.75) is 17.7 Å². The summed E-state index contributed by atoms with van der Waals surface area (Å²) in [6, 6.07) is 8.89. The van der Waals surface area contributed by atoms with E-state index in [0.29, 0.717) is 12.1 Å². The van der Waals surface area contributed by atoms with Crippen LogP contribution in [-0.2, 0) is 9.13 Å². The van der Waals surface area contributed by atoms with Crippen LogP contribution < -0.4 is 5.32 Å². The fourth-order valence-corrected chi connectivity index (χ4v) is 1.51. The van der Waals surface area contributed by atoms with E-state index in [2.05, 4.69) is 5.32 Å². The van der Waals surface area contributed by atoms with Crippen LogP contribution in [0, 0.1) is 0 Å². The van der Waals surface area contributed by atoms with Crippen LogP contribution in [0.15, 0.2) is 30.3 Å². The number of rotatable bonds is 4. The van der Waals surface area contributed by atoms with E-state index in [1.807, 2.05) is 13.0 Å². The normalized spacial score (nSPS) is 11.1. The zero-order valence-corrected chi connectivity index (χ0v) is 9.98. The zero-order chi connectivity index (χ0) is 11.3. The number of carbonyl (C=O) groups excluding carboxylic acids is 1. The van der Waals surface area contributed by atoms with Crippen molar-refractivity contribution >= 4 is 29.1 Å². The molecule has 0 aliphatic carbocycles. The van der Waals surface area contributed by atoms with Crippen LogP contribution >= 0.6 is 23.2 Å². The van der Waals surface area contributed by atoms with E-state index in [1.54, 1.807) is 24.3 Å². The van der Waals surface area contributed by atoms with Crippen molar-refractivity contribution in [2.24, 2.45) is 0 Å². The Balaban J connectivity index is 2.78. The van der Waals surface area contributed by atoms with E-state index < -0.39 is 4.33 Å². The fourth-order valence-electron chi connectivity index (χ4n) is 1.13. The quantitative estimate of drug-likeness (QED) is 0.813. The van der Waals surface area contributed by atoms with Crippen LogP contribution in [0.1, 0.15) is 18.9 Å². The molecule has 0 aromatic heterocycles. The third-order valence-electron chi connectivity index (χ3n) is 1.96. The molecule has 2 nitrogen and oxygen atoms in total. The van der Waals surface area contributed by atoms with Crippen molar-refractivity contribution in [1.29, 1.82) is 0 Å². The lowest BCUT2D eigenvalue weighted by Gasteiger charge is -2.18. The minimum Gasteiger partial charge on any atom is -0.353 e. The van der Waals surface area contributed by atoms with Gasteiger partial charge < -0.3 is 5.32 Å². The molecular formula is C11H13Cl2NO. The number of halogens is 2. The minimum atomic E-state index is -1.50. The van der Waals surface area contributed by atoms with Crippen molar-refractivity contribution in [3.8, 4) is 0 Å². The van der Waals surface area contributed by atoms with Crippen molar-refractivity contribution in [2.75, 3.05) is 6.54 Å². The maximum atomic E-state index is 11.6. The van der Waals surface area contributed by atoms with E-state index in [4.69, 9.17) is 23.2 Å². The van der Waals surface area contributed by atoms with E-state index in [0.717, 1.165) is 6.42 Å². The minimum absolute atomic E-state index is 0.376. The Morgan fingerprint density at radius 2 is 1.93 bits per heavy atom. The third kappa shape index (κ3) is 3.11. The van der Waals surface area contributed by atoms with Crippen molar-refractivity contribution in [3.05, 3.63) is 35.9 Å². The predicted octanol–water partition coefficient (Wildman–Crippen LogP) is 2.84. The van der Waals surface area contributed by atoms with Gasteiger partial charge in [-0.05, 0) is 12.0 Å². The van der Waals surface area contributed by atoms with Gasteiger partial charge in [-0.3, -0.25) is 4.79 Å². The average Bonchev–Trinajstić information content (AvgIpc) is 2.27. The molecule has 0 heterocycles. The van der Waals surface area contributed by atoms with Crippen LogP contribution in [0.4, 0.5) is 0 Å². The van der Waals surface area contributed by atoms with Crippen molar-refractivity contribution in [1.82, 2.24) is 5.32 Å².